The molecule has 2 fully saturated rings. The maximum atomic E-state index is 13.8. The van der Waals surface area contributed by atoms with Gasteiger partial charge in [-0.3, -0.25) is 14.3 Å². The Balaban J connectivity index is 1.30. The molecule has 1 atom stereocenters. The van der Waals surface area contributed by atoms with E-state index in [1.807, 2.05) is 18.3 Å². The highest BCUT2D eigenvalue weighted by atomic mass is 16.1. The van der Waals surface area contributed by atoms with E-state index in [2.05, 4.69) is 70.3 Å². The molecule has 1 saturated heterocycles. The largest absolute Gasteiger partial charge is 0.324 e. The lowest BCUT2D eigenvalue weighted by atomic mass is 9.91. The van der Waals surface area contributed by atoms with Gasteiger partial charge in [-0.2, -0.15) is 4.98 Å². The summed E-state index contributed by atoms with van der Waals surface area (Å²) < 4.78 is 1.74. The van der Waals surface area contributed by atoms with E-state index in [0.717, 1.165) is 42.3 Å². The van der Waals surface area contributed by atoms with E-state index in [1.165, 1.54) is 49.9 Å². The van der Waals surface area contributed by atoms with Crippen molar-refractivity contribution in [3.05, 3.63) is 87.6 Å². The van der Waals surface area contributed by atoms with Crippen molar-refractivity contribution in [3.63, 3.8) is 0 Å². The number of nitrogens with one attached hydrogen (secondary N) is 1. The zero-order valence-corrected chi connectivity index (χ0v) is 24.8. The molecule has 1 saturated carbocycles. The predicted molar refractivity (Wildman–Crippen MR) is 169 cm³/mol. The lowest BCUT2D eigenvalue weighted by Gasteiger charge is -2.29. The zero-order valence-electron chi connectivity index (χ0n) is 24.8. The Hall–Kier alpha value is -4.02. The number of aryl methyl sites for hydroxylation is 1. The Morgan fingerprint density at radius 3 is 2.64 bits per heavy atom. The van der Waals surface area contributed by atoms with Crippen molar-refractivity contribution < 1.29 is 0 Å². The number of hydrogen-bond donors (Lipinski definition) is 1. The van der Waals surface area contributed by atoms with Crippen molar-refractivity contribution in [2.75, 3.05) is 25.5 Å². The number of piperidine rings is 1. The Labute approximate surface area is 248 Å². The summed E-state index contributed by atoms with van der Waals surface area (Å²) in [6, 6.07) is 12.4. The molecule has 7 nitrogen and oxygen atoms in total. The Kier molecular flexibility index (Phi) is 8.62. The third-order valence-electron chi connectivity index (χ3n) is 8.76. The summed E-state index contributed by atoms with van der Waals surface area (Å²) in [4.78, 5) is 30.1. The first-order valence-corrected chi connectivity index (χ1v) is 15.4. The van der Waals surface area contributed by atoms with Crippen LogP contribution in [-0.4, -0.2) is 44.6 Å². The van der Waals surface area contributed by atoms with Crippen LogP contribution in [0.2, 0.25) is 0 Å². The van der Waals surface area contributed by atoms with Gasteiger partial charge in [-0.25, -0.2) is 4.98 Å². The molecular weight excluding hydrogens is 520 g/mol. The molecule has 0 bridgehead atoms. The first kappa shape index (κ1) is 28.1. The van der Waals surface area contributed by atoms with Gasteiger partial charge < -0.3 is 10.2 Å². The summed E-state index contributed by atoms with van der Waals surface area (Å²) in [5.74, 6) is 8.13. The van der Waals surface area contributed by atoms with Gasteiger partial charge >= 0.3 is 0 Å². The minimum atomic E-state index is -0.124. The number of nitrogens with zero attached hydrogens (tertiary/aromatic N) is 5. The van der Waals surface area contributed by atoms with Crippen LogP contribution < -0.4 is 10.9 Å². The third-order valence-corrected chi connectivity index (χ3v) is 8.76. The second kappa shape index (κ2) is 12.9. The van der Waals surface area contributed by atoms with Crippen LogP contribution in [0.5, 0.6) is 0 Å². The Bertz CT molecular complexity index is 1660. The van der Waals surface area contributed by atoms with E-state index in [-0.39, 0.29) is 5.56 Å². The topological polar surface area (TPSA) is 75.9 Å². The van der Waals surface area contributed by atoms with E-state index >= 15 is 0 Å². The van der Waals surface area contributed by atoms with Crippen LogP contribution in [0.4, 0.5) is 11.6 Å². The average molecular weight is 561 g/mol. The smallest absolute Gasteiger partial charge is 0.268 e. The van der Waals surface area contributed by atoms with Crippen molar-refractivity contribution in [3.8, 4) is 11.8 Å². The molecule has 216 valence electrons. The Morgan fingerprint density at radius 2 is 1.86 bits per heavy atom. The zero-order chi connectivity index (χ0) is 28.9. The van der Waals surface area contributed by atoms with Crippen molar-refractivity contribution in [1.82, 2.24) is 24.4 Å². The van der Waals surface area contributed by atoms with E-state index in [1.54, 1.807) is 17.0 Å². The molecule has 1 aliphatic heterocycles. The van der Waals surface area contributed by atoms with Crippen molar-refractivity contribution in [2.45, 2.75) is 64.8 Å². The molecule has 0 amide bonds. The van der Waals surface area contributed by atoms with Gasteiger partial charge in [-0.1, -0.05) is 43.7 Å². The summed E-state index contributed by atoms with van der Waals surface area (Å²) in [7, 11) is 2.21. The fourth-order valence-corrected chi connectivity index (χ4v) is 6.45. The van der Waals surface area contributed by atoms with Crippen molar-refractivity contribution in [1.29, 1.82) is 0 Å². The van der Waals surface area contributed by atoms with Gasteiger partial charge in [-0.05, 0) is 99.0 Å². The highest BCUT2D eigenvalue weighted by Gasteiger charge is 2.18. The Morgan fingerprint density at radius 1 is 1.02 bits per heavy atom. The van der Waals surface area contributed by atoms with Gasteiger partial charge in [0.1, 0.15) is 5.65 Å². The fourth-order valence-electron chi connectivity index (χ4n) is 6.45. The van der Waals surface area contributed by atoms with Crippen molar-refractivity contribution >= 4 is 22.7 Å². The minimum Gasteiger partial charge on any atom is -0.324 e. The van der Waals surface area contributed by atoms with E-state index in [9.17, 15) is 4.79 Å². The first-order valence-electron chi connectivity index (χ1n) is 15.4. The quantitative estimate of drug-likeness (QED) is 0.281. The van der Waals surface area contributed by atoms with Crippen LogP contribution in [0.3, 0.4) is 0 Å². The van der Waals surface area contributed by atoms with E-state index < -0.39 is 0 Å². The molecule has 2 aliphatic rings. The number of rotatable bonds is 7. The number of aromatic nitrogens is 4. The minimum absolute atomic E-state index is 0.124. The molecule has 1 aliphatic carbocycles. The van der Waals surface area contributed by atoms with Gasteiger partial charge in [0, 0.05) is 42.1 Å². The second-order valence-electron chi connectivity index (χ2n) is 12.0. The van der Waals surface area contributed by atoms with E-state index in [0.29, 0.717) is 35.5 Å². The molecule has 1 N–H and O–H groups in total. The number of pyridine rings is 2. The highest BCUT2D eigenvalue weighted by molar-refractivity contribution is 5.77. The molecule has 4 heterocycles. The molecule has 7 heteroatoms. The van der Waals surface area contributed by atoms with Gasteiger partial charge in [0.25, 0.3) is 5.56 Å². The maximum absolute atomic E-state index is 13.8. The summed E-state index contributed by atoms with van der Waals surface area (Å²) in [6.45, 7) is 4.87. The number of hydrogen-bond acceptors (Lipinski definition) is 6. The molecule has 1 unspecified atom stereocenters. The predicted octanol–water partition coefficient (Wildman–Crippen LogP) is 5.97. The normalized spacial score (nSPS) is 17.7. The standard InChI is InChI=1S/C35H40N6O/c1-3-28-16-17-36-21-31(28)24-41-33-30(20-29(34(41)42)13-10-25-7-4-5-8-25)22-37-35(39-33)38-32-14-11-26(12-15-32)19-27-9-6-18-40(2)23-27/h11-12,14-17,20-22,25,27H,3-9,18-19,23-24H2,1-2H3,(H,37,38,39). The molecule has 4 aromatic rings. The van der Waals surface area contributed by atoms with Gasteiger partial charge in [0.05, 0.1) is 12.1 Å². The molecule has 0 radical (unpaired) electrons. The fraction of sp³-hybridized carbons (Fsp3) is 0.429. The van der Waals surface area contributed by atoms with Gasteiger partial charge in [-0.15, -0.1) is 0 Å². The summed E-state index contributed by atoms with van der Waals surface area (Å²) in [6.07, 6.45) is 14.6. The SMILES string of the molecule is CCc1ccncc1Cn1c(=O)c(C#CC2CCCC2)cc2cnc(Nc3ccc(CC4CCCN(C)C4)cc3)nc21. The number of fused-ring (bicyclic) bond motifs is 1. The first-order chi connectivity index (χ1) is 20.6. The molecule has 3 aromatic heterocycles. The summed E-state index contributed by atoms with van der Waals surface area (Å²) >= 11 is 0. The van der Waals surface area contributed by atoms with Crippen LogP contribution in [0, 0.1) is 23.7 Å². The number of likely N-dealkylation sites (tertiary alicyclic amines) is 1. The lowest BCUT2D eigenvalue weighted by Crippen LogP contribution is -2.32. The molecule has 42 heavy (non-hydrogen) atoms. The lowest BCUT2D eigenvalue weighted by molar-refractivity contribution is 0.209. The van der Waals surface area contributed by atoms with Crippen LogP contribution >= 0.6 is 0 Å². The van der Waals surface area contributed by atoms with Crippen LogP contribution in [0.1, 0.15) is 67.7 Å². The number of benzene rings is 1. The number of anilines is 2. The third kappa shape index (κ3) is 6.55. The second-order valence-corrected chi connectivity index (χ2v) is 12.0. The highest BCUT2D eigenvalue weighted by Crippen LogP contribution is 2.25. The molecule has 6 rings (SSSR count). The molecule has 1 aromatic carbocycles. The van der Waals surface area contributed by atoms with Crippen LogP contribution in [0.25, 0.3) is 11.0 Å². The molecular formula is C35H40N6O. The monoisotopic (exact) mass is 560 g/mol. The van der Waals surface area contributed by atoms with Crippen LogP contribution in [0.15, 0.2) is 59.8 Å². The van der Waals surface area contributed by atoms with Crippen LogP contribution in [-0.2, 0) is 19.4 Å². The molecule has 0 spiro atoms. The van der Waals surface area contributed by atoms with E-state index in [4.69, 9.17) is 4.98 Å². The maximum Gasteiger partial charge on any atom is 0.268 e. The van der Waals surface area contributed by atoms with Crippen molar-refractivity contribution in [2.24, 2.45) is 11.8 Å². The average Bonchev–Trinajstić information content (AvgIpc) is 3.53. The summed E-state index contributed by atoms with van der Waals surface area (Å²) in [5, 5.41) is 4.15. The van der Waals surface area contributed by atoms with Gasteiger partial charge in [0.15, 0.2) is 0 Å². The van der Waals surface area contributed by atoms with Gasteiger partial charge in [0.2, 0.25) is 5.95 Å². The summed E-state index contributed by atoms with van der Waals surface area (Å²) in [5.41, 5.74) is 5.42.